The third-order valence-electron chi connectivity index (χ3n) is 4.00. The van der Waals surface area contributed by atoms with Crippen molar-refractivity contribution in [3.63, 3.8) is 0 Å². The Bertz CT molecular complexity index is 622. The Morgan fingerprint density at radius 3 is 2.36 bits per heavy atom. The molecule has 1 fully saturated rings. The Labute approximate surface area is 142 Å². The molecule has 0 radical (unpaired) electrons. The number of rotatable bonds is 5. The van der Waals surface area contributed by atoms with E-state index >= 15 is 0 Å². The number of amides is 1. The fourth-order valence-electron chi connectivity index (χ4n) is 2.73. The van der Waals surface area contributed by atoms with Gasteiger partial charge < -0.3 is 19.5 Å². The van der Waals surface area contributed by atoms with Gasteiger partial charge >= 0.3 is 12.1 Å². The second-order valence-electron chi connectivity index (χ2n) is 5.50. The summed E-state index contributed by atoms with van der Waals surface area (Å²) >= 11 is 0. The quantitative estimate of drug-likeness (QED) is 0.806. The number of alkyl halides is 3. The van der Waals surface area contributed by atoms with Crippen molar-refractivity contribution in [2.45, 2.75) is 30.3 Å². The number of benzene rings is 1. The molecule has 0 aliphatic carbocycles. The van der Waals surface area contributed by atoms with Gasteiger partial charge in [-0.05, 0) is 0 Å². The van der Waals surface area contributed by atoms with Gasteiger partial charge in [0.1, 0.15) is 0 Å². The van der Waals surface area contributed by atoms with E-state index < -0.39 is 35.8 Å². The van der Waals surface area contributed by atoms with E-state index in [1.807, 2.05) is 0 Å². The Kier molecular flexibility index (Phi) is 5.69. The second kappa shape index (κ2) is 7.40. The summed E-state index contributed by atoms with van der Waals surface area (Å²) in [6.45, 7) is -0.0993. The smallest absolute Gasteiger partial charge is 0.430 e. The summed E-state index contributed by atoms with van der Waals surface area (Å²) in [5.41, 5.74) is -3.50. The van der Waals surface area contributed by atoms with Crippen LogP contribution < -0.4 is 5.32 Å². The van der Waals surface area contributed by atoms with Crippen molar-refractivity contribution >= 4 is 11.9 Å². The van der Waals surface area contributed by atoms with Gasteiger partial charge in [-0.25, -0.2) is 4.79 Å². The van der Waals surface area contributed by atoms with Crippen LogP contribution in [0.2, 0.25) is 0 Å². The van der Waals surface area contributed by atoms with Gasteiger partial charge in [-0.2, -0.15) is 13.2 Å². The maximum absolute atomic E-state index is 13.8. The molecule has 1 amide bonds. The van der Waals surface area contributed by atoms with E-state index in [0.717, 1.165) is 7.11 Å². The summed E-state index contributed by atoms with van der Waals surface area (Å²) in [5.74, 6) is -2.01. The maximum atomic E-state index is 13.8. The first-order chi connectivity index (χ1) is 11.8. The van der Waals surface area contributed by atoms with Crippen LogP contribution in [0.1, 0.15) is 12.0 Å². The average Bonchev–Trinajstić information content (AvgIpc) is 3.03. The van der Waals surface area contributed by atoms with Gasteiger partial charge in [0, 0.05) is 19.1 Å². The number of esters is 1. The minimum Gasteiger partial charge on any atom is -0.467 e. The molecule has 2 rings (SSSR count). The molecule has 9 heteroatoms. The number of hydrogen-bond donors (Lipinski definition) is 1. The van der Waals surface area contributed by atoms with Gasteiger partial charge in [-0.1, -0.05) is 30.3 Å². The molecule has 0 aromatic heterocycles. The monoisotopic (exact) mass is 361 g/mol. The normalized spacial score (nSPS) is 22.9. The minimum atomic E-state index is -4.99. The van der Waals surface area contributed by atoms with Crippen LogP contribution in [-0.2, 0) is 29.4 Å². The molecule has 1 aromatic carbocycles. The molecule has 138 valence electrons. The van der Waals surface area contributed by atoms with Crippen LogP contribution >= 0.6 is 0 Å². The highest BCUT2D eigenvalue weighted by Crippen LogP contribution is 2.42. The van der Waals surface area contributed by atoms with E-state index in [-0.39, 0.29) is 18.6 Å². The first kappa shape index (κ1) is 19.2. The van der Waals surface area contributed by atoms with Gasteiger partial charge in [0.05, 0.1) is 19.8 Å². The molecule has 1 heterocycles. The topological polar surface area (TPSA) is 73.9 Å². The van der Waals surface area contributed by atoms with Crippen LogP contribution in [-0.4, -0.2) is 51.0 Å². The van der Waals surface area contributed by atoms with Crippen molar-refractivity contribution < 1.29 is 37.0 Å². The van der Waals surface area contributed by atoms with E-state index in [9.17, 15) is 22.8 Å². The maximum Gasteiger partial charge on any atom is 0.430 e. The SMILES string of the molecule is COC(=O)[C@@H]1C[C@H](NC(=O)[C@](OC)(c2ccccc2)C(F)(F)F)CO1. The molecule has 1 N–H and O–H groups in total. The number of carbonyl (C=O) groups excluding carboxylic acids is 2. The Morgan fingerprint density at radius 2 is 1.84 bits per heavy atom. The van der Waals surface area contributed by atoms with Crippen molar-refractivity contribution in [2.75, 3.05) is 20.8 Å². The molecule has 6 nitrogen and oxygen atoms in total. The average molecular weight is 361 g/mol. The summed E-state index contributed by atoms with van der Waals surface area (Å²) < 4.78 is 55.6. The molecule has 0 unspecified atom stereocenters. The molecule has 0 saturated carbocycles. The lowest BCUT2D eigenvalue weighted by atomic mass is 9.91. The fourth-order valence-corrected chi connectivity index (χ4v) is 2.73. The van der Waals surface area contributed by atoms with Crippen LogP contribution in [0.3, 0.4) is 0 Å². The van der Waals surface area contributed by atoms with Crippen LogP contribution in [0.15, 0.2) is 30.3 Å². The van der Waals surface area contributed by atoms with Crippen molar-refractivity contribution in [3.8, 4) is 0 Å². The molecule has 25 heavy (non-hydrogen) atoms. The van der Waals surface area contributed by atoms with Crippen molar-refractivity contribution in [1.29, 1.82) is 0 Å². The zero-order valence-corrected chi connectivity index (χ0v) is 13.6. The van der Waals surface area contributed by atoms with E-state index in [1.165, 1.54) is 37.4 Å². The second-order valence-corrected chi connectivity index (χ2v) is 5.50. The molecule has 1 aliphatic rings. The van der Waals surface area contributed by atoms with Crippen LogP contribution in [0.5, 0.6) is 0 Å². The predicted octanol–water partition coefficient (Wildman–Crippen LogP) is 1.54. The first-order valence-corrected chi connectivity index (χ1v) is 7.44. The Hall–Kier alpha value is -2.13. The third-order valence-corrected chi connectivity index (χ3v) is 4.00. The number of ether oxygens (including phenoxy) is 3. The van der Waals surface area contributed by atoms with Gasteiger partial charge in [0.25, 0.3) is 11.5 Å². The highest BCUT2D eigenvalue weighted by Gasteiger charge is 2.63. The van der Waals surface area contributed by atoms with E-state index in [4.69, 9.17) is 4.74 Å². The molecule has 0 spiro atoms. The van der Waals surface area contributed by atoms with Gasteiger partial charge in [-0.3, -0.25) is 4.79 Å². The number of halogens is 3. The van der Waals surface area contributed by atoms with Crippen molar-refractivity contribution in [2.24, 2.45) is 0 Å². The minimum absolute atomic E-state index is 0.0187. The lowest BCUT2D eigenvalue weighted by Crippen LogP contribution is -2.57. The highest BCUT2D eigenvalue weighted by molar-refractivity contribution is 5.88. The fraction of sp³-hybridized carbons (Fsp3) is 0.500. The summed E-state index contributed by atoms with van der Waals surface area (Å²) in [4.78, 5) is 23.9. The largest absolute Gasteiger partial charge is 0.467 e. The zero-order chi connectivity index (χ0) is 18.7. The van der Waals surface area contributed by atoms with E-state index in [1.54, 1.807) is 0 Å². The standard InChI is InChI=1S/C16H18F3NO5/c1-23-13(21)12-8-11(9-25-12)20-14(22)15(24-2,16(17,18)19)10-6-4-3-5-7-10/h3-7,11-12H,8-9H2,1-2H3,(H,20,22)/t11-,12-,15+/m0/s1. The molecule has 1 aromatic rings. The van der Waals surface area contributed by atoms with Gasteiger partial charge in [0.15, 0.2) is 6.10 Å². The summed E-state index contributed by atoms with van der Waals surface area (Å²) in [6, 6.07) is 5.86. The molecule has 3 atom stereocenters. The number of methoxy groups -OCH3 is 2. The molecule has 0 bridgehead atoms. The summed E-state index contributed by atoms with van der Waals surface area (Å²) in [5, 5.41) is 2.27. The first-order valence-electron chi connectivity index (χ1n) is 7.44. The molecule has 1 saturated heterocycles. The Morgan fingerprint density at radius 1 is 1.20 bits per heavy atom. The number of hydrogen-bond acceptors (Lipinski definition) is 5. The zero-order valence-electron chi connectivity index (χ0n) is 13.6. The molecular formula is C16H18F3NO5. The molecule has 1 aliphatic heterocycles. The molecular weight excluding hydrogens is 343 g/mol. The lowest BCUT2D eigenvalue weighted by Gasteiger charge is -2.34. The Balaban J connectivity index is 2.25. The number of nitrogens with one attached hydrogen (secondary N) is 1. The van der Waals surface area contributed by atoms with E-state index in [0.29, 0.717) is 0 Å². The van der Waals surface area contributed by atoms with Gasteiger partial charge in [0.2, 0.25) is 0 Å². The summed E-state index contributed by atoms with van der Waals surface area (Å²) in [7, 11) is 2.00. The summed E-state index contributed by atoms with van der Waals surface area (Å²) in [6.07, 6.45) is -5.89. The lowest BCUT2D eigenvalue weighted by molar-refractivity contribution is -0.266. The third kappa shape index (κ3) is 3.62. The van der Waals surface area contributed by atoms with E-state index in [2.05, 4.69) is 14.8 Å². The van der Waals surface area contributed by atoms with Crippen molar-refractivity contribution in [1.82, 2.24) is 5.32 Å². The van der Waals surface area contributed by atoms with Crippen LogP contribution in [0.25, 0.3) is 0 Å². The van der Waals surface area contributed by atoms with Crippen molar-refractivity contribution in [3.05, 3.63) is 35.9 Å². The van der Waals surface area contributed by atoms with Crippen LogP contribution in [0, 0.1) is 0 Å². The predicted molar refractivity (Wildman–Crippen MR) is 79.5 cm³/mol. The number of carbonyl (C=O) groups is 2. The van der Waals surface area contributed by atoms with Gasteiger partial charge in [-0.15, -0.1) is 0 Å². The van der Waals surface area contributed by atoms with Crippen LogP contribution in [0.4, 0.5) is 13.2 Å². The highest BCUT2D eigenvalue weighted by atomic mass is 19.4.